The van der Waals surface area contributed by atoms with Crippen LogP contribution < -0.4 is 0 Å². The van der Waals surface area contributed by atoms with E-state index in [9.17, 15) is 15.0 Å². The zero-order valence-corrected chi connectivity index (χ0v) is 13.7. The van der Waals surface area contributed by atoms with E-state index < -0.39 is 0 Å². The van der Waals surface area contributed by atoms with Crippen LogP contribution in [0.2, 0.25) is 0 Å². The van der Waals surface area contributed by atoms with E-state index in [0.717, 1.165) is 22.3 Å². The van der Waals surface area contributed by atoms with Crippen molar-refractivity contribution in [1.82, 2.24) is 0 Å². The summed E-state index contributed by atoms with van der Waals surface area (Å²) in [6, 6.07) is 11.0. The second kappa shape index (κ2) is 7.18. The molecule has 0 radical (unpaired) electrons. The minimum Gasteiger partial charge on any atom is -0.508 e. The van der Waals surface area contributed by atoms with Crippen molar-refractivity contribution < 1.29 is 19.7 Å². The smallest absolute Gasteiger partial charge is 0.302 e. The number of phenols is 2. The SMILES string of the molecule is CC(=O)OCCC(c1ccc(O)c(C)c1)c1ccc(O)c(C)c1. The fourth-order valence-electron chi connectivity index (χ4n) is 2.64. The molecule has 0 spiro atoms. The lowest BCUT2D eigenvalue weighted by atomic mass is 9.87. The molecule has 23 heavy (non-hydrogen) atoms. The molecular weight excluding hydrogens is 292 g/mol. The maximum absolute atomic E-state index is 11.0. The average Bonchev–Trinajstić information content (AvgIpc) is 2.49. The molecule has 2 N–H and O–H groups in total. The molecular formula is C19H22O4. The van der Waals surface area contributed by atoms with E-state index in [2.05, 4.69) is 0 Å². The molecule has 0 atom stereocenters. The van der Waals surface area contributed by atoms with Crippen LogP contribution in [0.3, 0.4) is 0 Å². The zero-order chi connectivity index (χ0) is 17.0. The van der Waals surface area contributed by atoms with Crippen molar-refractivity contribution in [2.24, 2.45) is 0 Å². The van der Waals surface area contributed by atoms with Crippen molar-refractivity contribution in [3.63, 3.8) is 0 Å². The molecule has 4 heteroatoms. The van der Waals surface area contributed by atoms with Crippen LogP contribution in [0.25, 0.3) is 0 Å². The maximum Gasteiger partial charge on any atom is 0.302 e. The standard InChI is InChI=1S/C19H22O4/c1-12-10-15(4-6-18(12)21)17(8-9-23-14(3)20)16-5-7-19(22)13(2)11-16/h4-7,10-11,17,21-22H,8-9H2,1-3H3. The van der Waals surface area contributed by atoms with Crippen molar-refractivity contribution >= 4 is 5.97 Å². The molecule has 122 valence electrons. The Morgan fingerprint density at radius 2 is 1.48 bits per heavy atom. The van der Waals surface area contributed by atoms with Crippen LogP contribution in [-0.4, -0.2) is 22.8 Å². The molecule has 2 aromatic carbocycles. The summed E-state index contributed by atoms with van der Waals surface area (Å²) < 4.78 is 5.09. The van der Waals surface area contributed by atoms with Gasteiger partial charge >= 0.3 is 5.97 Å². The highest BCUT2D eigenvalue weighted by Crippen LogP contribution is 2.33. The largest absolute Gasteiger partial charge is 0.508 e. The molecule has 0 heterocycles. The second-order valence-electron chi connectivity index (χ2n) is 5.77. The van der Waals surface area contributed by atoms with Gasteiger partial charge in [0.05, 0.1) is 6.61 Å². The van der Waals surface area contributed by atoms with Gasteiger partial charge in [-0.25, -0.2) is 0 Å². The normalized spacial score (nSPS) is 10.8. The van der Waals surface area contributed by atoms with Crippen LogP contribution in [0.1, 0.15) is 41.5 Å². The highest BCUT2D eigenvalue weighted by atomic mass is 16.5. The first-order chi connectivity index (χ1) is 10.9. The van der Waals surface area contributed by atoms with Crippen LogP contribution in [0.5, 0.6) is 11.5 Å². The van der Waals surface area contributed by atoms with Gasteiger partial charge < -0.3 is 14.9 Å². The lowest BCUT2D eigenvalue weighted by molar-refractivity contribution is -0.141. The monoisotopic (exact) mass is 314 g/mol. The summed E-state index contributed by atoms with van der Waals surface area (Å²) in [4.78, 5) is 11.0. The molecule has 0 aliphatic heterocycles. The van der Waals surface area contributed by atoms with Crippen molar-refractivity contribution in [3.8, 4) is 11.5 Å². The van der Waals surface area contributed by atoms with Gasteiger partial charge in [-0.15, -0.1) is 0 Å². The topological polar surface area (TPSA) is 66.8 Å². The molecule has 2 rings (SSSR count). The van der Waals surface area contributed by atoms with Gasteiger partial charge in [0.25, 0.3) is 0 Å². The number of aryl methyl sites for hydroxylation is 2. The highest BCUT2D eigenvalue weighted by Gasteiger charge is 2.17. The van der Waals surface area contributed by atoms with Crippen LogP contribution in [0, 0.1) is 13.8 Å². The highest BCUT2D eigenvalue weighted by molar-refractivity contribution is 5.65. The van der Waals surface area contributed by atoms with Gasteiger partial charge in [-0.1, -0.05) is 24.3 Å². The molecule has 0 aromatic heterocycles. The number of carbonyl (C=O) groups is 1. The quantitative estimate of drug-likeness (QED) is 0.824. The number of ether oxygens (including phenoxy) is 1. The van der Waals surface area contributed by atoms with E-state index in [0.29, 0.717) is 13.0 Å². The third-order valence-corrected chi connectivity index (χ3v) is 3.96. The predicted molar refractivity (Wildman–Crippen MR) is 88.8 cm³/mol. The third kappa shape index (κ3) is 4.25. The molecule has 0 bridgehead atoms. The Labute approximate surface area is 136 Å². The van der Waals surface area contributed by atoms with Crippen LogP contribution >= 0.6 is 0 Å². The molecule has 0 unspecified atom stereocenters. The first-order valence-electron chi connectivity index (χ1n) is 7.61. The number of benzene rings is 2. The summed E-state index contributed by atoms with van der Waals surface area (Å²) in [6.07, 6.45) is 0.633. The number of aromatic hydroxyl groups is 2. The Hall–Kier alpha value is -2.49. The van der Waals surface area contributed by atoms with E-state index >= 15 is 0 Å². The predicted octanol–water partition coefficient (Wildman–Crippen LogP) is 3.80. The lowest BCUT2D eigenvalue weighted by Crippen LogP contribution is -2.08. The van der Waals surface area contributed by atoms with Crippen molar-refractivity contribution in [3.05, 3.63) is 58.7 Å². The molecule has 0 fully saturated rings. The van der Waals surface area contributed by atoms with E-state index in [4.69, 9.17) is 4.74 Å². The molecule has 4 nitrogen and oxygen atoms in total. The minimum atomic E-state index is -0.299. The van der Waals surface area contributed by atoms with Gasteiger partial charge in [0, 0.05) is 12.8 Å². The Morgan fingerprint density at radius 3 is 1.87 bits per heavy atom. The van der Waals surface area contributed by atoms with Gasteiger partial charge in [0.15, 0.2) is 0 Å². The summed E-state index contributed by atoms with van der Waals surface area (Å²) in [6.45, 7) is 5.42. The number of rotatable bonds is 5. The molecule has 0 aliphatic rings. The fraction of sp³-hybridized carbons (Fsp3) is 0.316. The van der Waals surface area contributed by atoms with Gasteiger partial charge in [-0.05, 0) is 54.7 Å². The second-order valence-corrected chi connectivity index (χ2v) is 5.77. The summed E-state index contributed by atoms with van der Waals surface area (Å²) in [7, 11) is 0. The molecule has 2 aromatic rings. The third-order valence-electron chi connectivity index (χ3n) is 3.96. The Morgan fingerprint density at radius 1 is 1.00 bits per heavy atom. The molecule has 0 saturated carbocycles. The first kappa shape index (κ1) is 16.9. The van der Waals surface area contributed by atoms with Crippen LogP contribution in [0.15, 0.2) is 36.4 Å². The average molecular weight is 314 g/mol. The van der Waals surface area contributed by atoms with Crippen LogP contribution in [-0.2, 0) is 9.53 Å². The van der Waals surface area contributed by atoms with Crippen LogP contribution in [0.4, 0.5) is 0 Å². The molecule has 0 saturated heterocycles. The van der Waals surface area contributed by atoms with Gasteiger partial charge in [0.1, 0.15) is 11.5 Å². The van der Waals surface area contributed by atoms with E-state index in [-0.39, 0.29) is 23.4 Å². The number of phenolic OH excluding ortho intramolecular Hbond substituents is 2. The van der Waals surface area contributed by atoms with Crippen molar-refractivity contribution in [2.75, 3.05) is 6.61 Å². The van der Waals surface area contributed by atoms with Gasteiger partial charge in [0.2, 0.25) is 0 Å². The zero-order valence-electron chi connectivity index (χ0n) is 13.7. The Kier molecular flexibility index (Phi) is 5.27. The number of carbonyl (C=O) groups excluding carboxylic acids is 1. The van der Waals surface area contributed by atoms with E-state index in [1.807, 2.05) is 38.1 Å². The van der Waals surface area contributed by atoms with Gasteiger partial charge in [-0.2, -0.15) is 0 Å². The minimum absolute atomic E-state index is 0.0212. The molecule has 0 aliphatic carbocycles. The van der Waals surface area contributed by atoms with Gasteiger partial charge in [-0.3, -0.25) is 4.79 Å². The van der Waals surface area contributed by atoms with Crippen molar-refractivity contribution in [1.29, 1.82) is 0 Å². The summed E-state index contributed by atoms with van der Waals surface area (Å²) in [5.41, 5.74) is 3.68. The molecule has 0 amide bonds. The van der Waals surface area contributed by atoms with Crippen molar-refractivity contribution in [2.45, 2.75) is 33.1 Å². The Bertz CT molecular complexity index is 655. The first-order valence-corrected chi connectivity index (χ1v) is 7.61. The fourth-order valence-corrected chi connectivity index (χ4v) is 2.64. The van der Waals surface area contributed by atoms with E-state index in [1.165, 1.54) is 6.92 Å². The van der Waals surface area contributed by atoms with E-state index in [1.54, 1.807) is 12.1 Å². The number of hydrogen-bond donors (Lipinski definition) is 2. The number of hydrogen-bond acceptors (Lipinski definition) is 4. The summed E-state index contributed by atoms with van der Waals surface area (Å²) in [5, 5.41) is 19.4. The Balaban J connectivity index is 2.35. The summed E-state index contributed by atoms with van der Waals surface area (Å²) in [5.74, 6) is 0.240. The maximum atomic E-state index is 11.0. The lowest BCUT2D eigenvalue weighted by Gasteiger charge is -2.19. The number of esters is 1. The summed E-state index contributed by atoms with van der Waals surface area (Å²) >= 11 is 0.